The van der Waals surface area contributed by atoms with Crippen LogP contribution < -0.4 is 0 Å². The first-order chi connectivity index (χ1) is 9.88. The maximum Gasteiger partial charge on any atom is 0.217 e. The molecule has 0 saturated carbocycles. The molecule has 1 unspecified atom stereocenters. The van der Waals surface area contributed by atoms with Crippen LogP contribution in [0.3, 0.4) is 0 Å². The second kappa shape index (κ2) is 12.5. The van der Waals surface area contributed by atoms with E-state index in [9.17, 15) is 0 Å². The Bertz CT molecular complexity index is 259. The first kappa shape index (κ1) is 20.9. The van der Waals surface area contributed by atoms with Crippen molar-refractivity contribution in [3.8, 4) is 0 Å². The van der Waals surface area contributed by atoms with E-state index in [0.717, 1.165) is 0 Å². The first-order valence-electron chi connectivity index (χ1n) is 9.05. The highest BCUT2D eigenvalue weighted by Gasteiger charge is 2.25. The third-order valence-electron chi connectivity index (χ3n) is 3.86. The number of allylic oxidation sites excluding steroid dienone is 2. The van der Waals surface area contributed by atoms with Gasteiger partial charge in [0.1, 0.15) is 0 Å². The summed E-state index contributed by atoms with van der Waals surface area (Å²) >= 11 is 0. The average Bonchev–Trinajstić information content (AvgIpc) is 2.38. The zero-order valence-electron chi connectivity index (χ0n) is 15.7. The van der Waals surface area contributed by atoms with Gasteiger partial charge in [-0.2, -0.15) is 0 Å². The summed E-state index contributed by atoms with van der Waals surface area (Å²) in [7, 11) is -0.690. The summed E-state index contributed by atoms with van der Waals surface area (Å²) in [4.78, 5) is 0. The topological polar surface area (TPSA) is 9.23 Å². The molecule has 125 valence electrons. The Kier molecular flexibility index (Phi) is 12.4. The van der Waals surface area contributed by atoms with E-state index in [-0.39, 0.29) is 0 Å². The van der Waals surface area contributed by atoms with E-state index in [1.54, 1.807) is 0 Å². The summed E-state index contributed by atoms with van der Waals surface area (Å²) in [6, 6.07) is 0. The van der Waals surface area contributed by atoms with Crippen LogP contribution in [0.15, 0.2) is 11.6 Å². The zero-order valence-corrected chi connectivity index (χ0v) is 16.7. The van der Waals surface area contributed by atoms with Crippen LogP contribution in [-0.2, 0) is 4.43 Å². The monoisotopic (exact) mass is 311 g/mol. The maximum atomic E-state index is 6.61. The van der Waals surface area contributed by atoms with Crippen molar-refractivity contribution in [3.05, 3.63) is 11.6 Å². The van der Waals surface area contributed by atoms with Crippen molar-refractivity contribution in [2.75, 3.05) is 0 Å². The summed E-state index contributed by atoms with van der Waals surface area (Å²) in [5, 5.41) is 0. The van der Waals surface area contributed by atoms with Gasteiger partial charge in [0.05, 0.1) is 0 Å². The molecule has 0 aromatic heterocycles. The fourth-order valence-electron chi connectivity index (χ4n) is 2.75. The predicted molar refractivity (Wildman–Crippen MR) is 98.2 cm³/mol. The van der Waals surface area contributed by atoms with Gasteiger partial charge in [-0.1, -0.05) is 72.0 Å². The van der Waals surface area contributed by atoms with Gasteiger partial charge in [0, 0.05) is 6.10 Å². The molecule has 0 aromatic carbocycles. The van der Waals surface area contributed by atoms with Gasteiger partial charge in [-0.3, -0.25) is 0 Å². The van der Waals surface area contributed by atoms with Crippen LogP contribution in [0.5, 0.6) is 0 Å². The van der Waals surface area contributed by atoms with Gasteiger partial charge < -0.3 is 4.43 Å². The second-order valence-corrected chi connectivity index (χ2v) is 10.5. The lowest BCUT2D eigenvalue weighted by Crippen LogP contribution is -2.31. The molecule has 2 heteroatoms. The van der Waals surface area contributed by atoms with E-state index in [1.807, 2.05) is 0 Å². The normalized spacial score (nSPS) is 13.2. The van der Waals surface area contributed by atoms with Crippen molar-refractivity contribution in [2.45, 2.75) is 111 Å². The minimum atomic E-state index is -0.690. The molecule has 0 fully saturated rings. The molecule has 1 atom stereocenters. The highest BCUT2D eigenvalue weighted by molar-refractivity contribution is 6.55. The quantitative estimate of drug-likeness (QED) is 0.216. The van der Waals surface area contributed by atoms with Gasteiger partial charge in [-0.15, -0.1) is 0 Å². The standard InChI is InChI=1S/C19H39OSi/c1-8-9-10-11-14-19(15-12-13-16(2)3)20-21(17(4)5)18(6)7/h13,17-19H,8-12,14-15H2,1-7H3. The summed E-state index contributed by atoms with van der Waals surface area (Å²) in [5.41, 5.74) is 2.84. The molecule has 0 amide bonds. The predicted octanol–water partition coefficient (Wildman–Crippen LogP) is 6.90. The van der Waals surface area contributed by atoms with E-state index in [1.165, 1.54) is 50.5 Å². The minimum absolute atomic E-state index is 0.483. The number of hydrogen-bond donors (Lipinski definition) is 0. The lowest BCUT2D eigenvalue weighted by atomic mass is 10.0. The van der Waals surface area contributed by atoms with Gasteiger partial charge in [0.15, 0.2) is 0 Å². The summed E-state index contributed by atoms with van der Waals surface area (Å²) in [6.45, 7) is 16.0. The Labute approximate surface area is 136 Å². The Morgan fingerprint density at radius 2 is 1.57 bits per heavy atom. The van der Waals surface area contributed by atoms with Crippen molar-refractivity contribution < 1.29 is 4.43 Å². The number of unbranched alkanes of at least 4 members (excludes halogenated alkanes) is 3. The van der Waals surface area contributed by atoms with Gasteiger partial charge in [0.2, 0.25) is 9.04 Å². The van der Waals surface area contributed by atoms with E-state index in [0.29, 0.717) is 17.2 Å². The van der Waals surface area contributed by atoms with Crippen molar-refractivity contribution in [2.24, 2.45) is 0 Å². The minimum Gasteiger partial charge on any atom is -0.413 e. The third-order valence-corrected chi connectivity index (χ3v) is 6.74. The third kappa shape index (κ3) is 11.2. The molecule has 21 heavy (non-hydrogen) atoms. The molecule has 0 saturated heterocycles. The zero-order chi connectivity index (χ0) is 16.3. The van der Waals surface area contributed by atoms with Crippen molar-refractivity contribution in [3.63, 3.8) is 0 Å². The van der Waals surface area contributed by atoms with Crippen LogP contribution >= 0.6 is 0 Å². The molecule has 0 aromatic rings. The van der Waals surface area contributed by atoms with Crippen LogP contribution in [0.25, 0.3) is 0 Å². The Hall–Kier alpha value is -0.0831. The van der Waals surface area contributed by atoms with E-state index in [4.69, 9.17) is 4.43 Å². The van der Waals surface area contributed by atoms with Crippen LogP contribution in [-0.4, -0.2) is 15.1 Å². The van der Waals surface area contributed by atoms with Gasteiger partial charge in [0.25, 0.3) is 0 Å². The number of hydrogen-bond acceptors (Lipinski definition) is 1. The van der Waals surface area contributed by atoms with Gasteiger partial charge in [-0.05, 0) is 44.2 Å². The van der Waals surface area contributed by atoms with Crippen LogP contribution in [0.4, 0.5) is 0 Å². The molecule has 0 aliphatic carbocycles. The van der Waals surface area contributed by atoms with Gasteiger partial charge in [-0.25, -0.2) is 0 Å². The summed E-state index contributed by atoms with van der Waals surface area (Å²) in [5.74, 6) is 0. The summed E-state index contributed by atoms with van der Waals surface area (Å²) in [6.07, 6.45) is 11.9. The van der Waals surface area contributed by atoms with E-state index in [2.05, 4.69) is 54.5 Å². The maximum absolute atomic E-state index is 6.61. The SMILES string of the molecule is CCCCCCC(CCC=C(C)C)O[Si](C(C)C)C(C)C. The molecule has 1 nitrogen and oxygen atoms in total. The fraction of sp³-hybridized carbons (Fsp3) is 0.895. The first-order valence-corrected chi connectivity index (χ1v) is 10.6. The summed E-state index contributed by atoms with van der Waals surface area (Å²) < 4.78 is 6.61. The lowest BCUT2D eigenvalue weighted by molar-refractivity contribution is 0.170. The molecule has 0 rings (SSSR count). The smallest absolute Gasteiger partial charge is 0.217 e. The largest absolute Gasteiger partial charge is 0.413 e. The Morgan fingerprint density at radius 1 is 0.952 bits per heavy atom. The number of rotatable bonds is 12. The second-order valence-electron chi connectivity index (χ2n) is 7.16. The van der Waals surface area contributed by atoms with Crippen molar-refractivity contribution >= 4 is 9.04 Å². The molecule has 0 aliphatic heterocycles. The lowest BCUT2D eigenvalue weighted by Gasteiger charge is -2.28. The van der Waals surface area contributed by atoms with Gasteiger partial charge >= 0.3 is 0 Å². The molecule has 0 spiro atoms. The van der Waals surface area contributed by atoms with E-state index < -0.39 is 9.04 Å². The molecule has 0 aliphatic rings. The molecular formula is C19H39OSi. The highest BCUT2D eigenvalue weighted by Crippen LogP contribution is 2.25. The average molecular weight is 312 g/mol. The molecule has 1 radical (unpaired) electrons. The molecule has 0 heterocycles. The van der Waals surface area contributed by atoms with Crippen molar-refractivity contribution in [1.29, 1.82) is 0 Å². The van der Waals surface area contributed by atoms with E-state index >= 15 is 0 Å². The van der Waals surface area contributed by atoms with Crippen LogP contribution in [0, 0.1) is 0 Å². The fourth-order valence-corrected chi connectivity index (χ4v) is 5.25. The Balaban J connectivity index is 4.43. The Morgan fingerprint density at radius 3 is 2.05 bits per heavy atom. The van der Waals surface area contributed by atoms with Crippen LogP contribution in [0.2, 0.25) is 11.1 Å². The highest BCUT2D eigenvalue weighted by atomic mass is 28.3. The molecule has 0 bridgehead atoms. The molecular weight excluding hydrogens is 272 g/mol. The van der Waals surface area contributed by atoms with Crippen LogP contribution in [0.1, 0.15) is 93.4 Å². The molecule has 0 N–H and O–H groups in total. The van der Waals surface area contributed by atoms with Crippen molar-refractivity contribution in [1.82, 2.24) is 0 Å².